The summed E-state index contributed by atoms with van der Waals surface area (Å²) in [5.41, 5.74) is 1.38. The summed E-state index contributed by atoms with van der Waals surface area (Å²) in [5, 5.41) is 4.55. The summed E-state index contributed by atoms with van der Waals surface area (Å²) in [6, 6.07) is 9.61. The standard InChI is InChI=1S/C18H29ClN2/c1-4-5-17-13-21(18(12-20-17)14(2)3)11-10-15-6-8-16(19)9-7-15/h6-9,14,17-18,20H,4-5,10-13H2,1-3H3. The minimum absolute atomic E-state index is 0.658. The molecule has 118 valence electrons. The minimum Gasteiger partial charge on any atom is -0.311 e. The van der Waals surface area contributed by atoms with Crippen molar-refractivity contribution in [3.05, 3.63) is 34.9 Å². The molecule has 1 fully saturated rings. The second-order valence-corrected chi connectivity index (χ2v) is 7.01. The fraction of sp³-hybridized carbons (Fsp3) is 0.667. The van der Waals surface area contributed by atoms with E-state index in [0.29, 0.717) is 18.0 Å². The first-order chi connectivity index (χ1) is 10.1. The molecule has 2 atom stereocenters. The molecule has 2 nitrogen and oxygen atoms in total. The van der Waals surface area contributed by atoms with Crippen molar-refractivity contribution < 1.29 is 0 Å². The Kier molecular flexibility index (Phi) is 6.53. The average Bonchev–Trinajstić information content (AvgIpc) is 2.47. The van der Waals surface area contributed by atoms with Gasteiger partial charge >= 0.3 is 0 Å². The van der Waals surface area contributed by atoms with Gasteiger partial charge in [-0.15, -0.1) is 0 Å². The van der Waals surface area contributed by atoms with Crippen LogP contribution in [0.2, 0.25) is 5.02 Å². The van der Waals surface area contributed by atoms with E-state index in [1.807, 2.05) is 12.1 Å². The van der Waals surface area contributed by atoms with Crippen LogP contribution in [0.25, 0.3) is 0 Å². The lowest BCUT2D eigenvalue weighted by Gasteiger charge is -2.42. The van der Waals surface area contributed by atoms with Crippen LogP contribution < -0.4 is 5.32 Å². The summed E-state index contributed by atoms with van der Waals surface area (Å²) in [4.78, 5) is 2.69. The number of nitrogens with zero attached hydrogens (tertiary/aromatic N) is 1. The summed E-state index contributed by atoms with van der Waals surface area (Å²) in [6.07, 6.45) is 3.65. The molecule has 2 rings (SSSR count). The van der Waals surface area contributed by atoms with Crippen molar-refractivity contribution in [2.24, 2.45) is 5.92 Å². The second-order valence-electron chi connectivity index (χ2n) is 6.58. The fourth-order valence-electron chi connectivity index (χ4n) is 3.28. The number of hydrogen-bond donors (Lipinski definition) is 1. The van der Waals surface area contributed by atoms with Gasteiger partial charge < -0.3 is 5.32 Å². The highest BCUT2D eigenvalue weighted by molar-refractivity contribution is 6.30. The van der Waals surface area contributed by atoms with Crippen molar-refractivity contribution in [3.8, 4) is 0 Å². The van der Waals surface area contributed by atoms with Gasteiger partial charge in [0.1, 0.15) is 0 Å². The first-order valence-electron chi connectivity index (χ1n) is 8.32. The zero-order valence-electron chi connectivity index (χ0n) is 13.6. The van der Waals surface area contributed by atoms with Crippen LogP contribution in [-0.4, -0.2) is 36.6 Å². The van der Waals surface area contributed by atoms with Crippen molar-refractivity contribution in [1.29, 1.82) is 0 Å². The monoisotopic (exact) mass is 308 g/mol. The topological polar surface area (TPSA) is 15.3 Å². The van der Waals surface area contributed by atoms with E-state index in [0.717, 1.165) is 24.5 Å². The van der Waals surface area contributed by atoms with Crippen LogP contribution in [0, 0.1) is 5.92 Å². The third-order valence-electron chi connectivity index (χ3n) is 4.55. The Hall–Kier alpha value is -0.570. The Morgan fingerprint density at radius 3 is 2.62 bits per heavy atom. The van der Waals surface area contributed by atoms with Gasteiger partial charge in [-0.25, -0.2) is 0 Å². The molecule has 1 saturated heterocycles. The molecule has 0 bridgehead atoms. The van der Waals surface area contributed by atoms with E-state index < -0.39 is 0 Å². The largest absolute Gasteiger partial charge is 0.311 e. The highest BCUT2D eigenvalue weighted by Crippen LogP contribution is 2.18. The molecule has 1 N–H and O–H groups in total. The van der Waals surface area contributed by atoms with Crippen LogP contribution in [0.15, 0.2) is 24.3 Å². The van der Waals surface area contributed by atoms with E-state index in [1.165, 1.54) is 24.9 Å². The highest BCUT2D eigenvalue weighted by Gasteiger charge is 2.28. The maximum atomic E-state index is 5.96. The SMILES string of the molecule is CCCC1CN(CCc2ccc(Cl)cc2)C(C(C)C)CN1. The Morgan fingerprint density at radius 2 is 2.00 bits per heavy atom. The Morgan fingerprint density at radius 1 is 1.29 bits per heavy atom. The summed E-state index contributed by atoms with van der Waals surface area (Å²) in [7, 11) is 0. The van der Waals surface area contributed by atoms with Crippen molar-refractivity contribution in [3.63, 3.8) is 0 Å². The Labute approximate surface area is 134 Å². The van der Waals surface area contributed by atoms with Gasteiger partial charge in [-0.1, -0.05) is 50.9 Å². The van der Waals surface area contributed by atoms with Crippen LogP contribution >= 0.6 is 11.6 Å². The van der Waals surface area contributed by atoms with E-state index >= 15 is 0 Å². The van der Waals surface area contributed by atoms with Gasteiger partial charge in [-0.05, 0) is 36.5 Å². The lowest BCUT2D eigenvalue weighted by molar-refractivity contribution is 0.0969. The van der Waals surface area contributed by atoms with Crippen LogP contribution in [0.5, 0.6) is 0 Å². The fourth-order valence-corrected chi connectivity index (χ4v) is 3.41. The third-order valence-corrected chi connectivity index (χ3v) is 4.80. The van der Waals surface area contributed by atoms with E-state index in [2.05, 4.69) is 43.1 Å². The molecule has 0 spiro atoms. The van der Waals surface area contributed by atoms with E-state index in [1.54, 1.807) is 0 Å². The molecule has 0 saturated carbocycles. The van der Waals surface area contributed by atoms with E-state index in [-0.39, 0.29) is 0 Å². The van der Waals surface area contributed by atoms with Gasteiger partial charge in [0, 0.05) is 36.7 Å². The zero-order valence-corrected chi connectivity index (χ0v) is 14.4. The zero-order chi connectivity index (χ0) is 15.2. The quantitative estimate of drug-likeness (QED) is 0.855. The first kappa shape index (κ1) is 16.8. The smallest absolute Gasteiger partial charge is 0.0406 e. The van der Waals surface area contributed by atoms with Gasteiger partial charge in [-0.2, -0.15) is 0 Å². The summed E-state index contributed by atoms with van der Waals surface area (Å²) < 4.78 is 0. The number of hydrogen-bond acceptors (Lipinski definition) is 2. The third kappa shape index (κ3) is 4.98. The van der Waals surface area contributed by atoms with Crippen molar-refractivity contribution in [2.45, 2.75) is 52.1 Å². The lowest BCUT2D eigenvalue weighted by Crippen LogP contribution is -2.58. The molecule has 0 amide bonds. The molecule has 3 heteroatoms. The minimum atomic E-state index is 0.658. The number of piperazine rings is 1. The maximum Gasteiger partial charge on any atom is 0.0406 e. The van der Waals surface area contributed by atoms with E-state index in [9.17, 15) is 0 Å². The predicted molar refractivity (Wildman–Crippen MR) is 92.1 cm³/mol. The summed E-state index contributed by atoms with van der Waals surface area (Å²) in [5.74, 6) is 0.699. The molecule has 1 heterocycles. The van der Waals surface area contributed by atoms with Crippen LogP contribution in [0.3, 0.4) is 0 Å². The van der Waals surface area contributed by atoms with Gasteiger partial charge in [0.2, 0.25) is 0 Å². The lowest BCUT2D eigenvalue weighted by atomic mass is 9.96. The number of benzene rings is 1. The van der Waals surface area contributed by atoms with Crippen LogP contribution in [0.4, 0.5) is 0 Å². The highest BCUT2D eigenvalue weighted by atomic mass is 35.5. The van der Waals surface area contributed by atoms with Crippen LogP contribution in [-0.2, 0) is 6.42 Å². The molecule has 0 aliphatic carbocycles. The van der Waals surface area contributed by atoms with Crippen molar-refractivity contribution in [2.75, 3.05) is 19.6 Å². The number of nitrogens with one attached hydrogen (secondary N) is 1. The first-order valence-corrected chi connectivity index (χ1v) is 8.69. The van der Waals surface area contributed by atoms with Gasteiger partial charge in [0.15, 0.2) is 0 Å². The molecule has 0 radical (unpaired) electrons. The molecule has 1 aliphatic rings. The van der Waals surface area contributed by atoms with E-state index in [4.69, 9.17) is 11.6 Å². The van der Waals surface area contributed by atoms with Gasteiger partial charge in [-0.3, -0.25) is 4.90 Å². The molecule has 1 aromatic carbocycles. The molecular formula is C18H29ClN2. The van der Waals surface area contributed by atoms with Crippen molar-refractivity contribution in [1.82, 2.24) is 10.2 Å². The number of halogens is 1. The Bertz CT molecular complexity index is 416. The molecule has 0 aromatic heterocycles. The van der Waals surface area contributed by atoms with Crippen molar-refractivity contribution >= 4 is 11.6 Å². The van der Waals surface area contributed by atoms with Gasteiger partial charge in [0.25, 0.3) is 0 Å². The molecule has 2 unspecified atom stereocenters. The molecular weight excluding hydrogens is 280 g/mol. The predicted octanol–water partition coefficient (Wildman–Crippen LogP) is 3.98. The maximum absolute atomic E-state index is 5.96. The molecule has 21 heavy (non-hydrogen) atoms. The Balaban J connectivity index is 1.94. The normalized spacial score (nSPS) is 23.7. The summed E-state index contributed by atoms with van der Waals surface area (Å²) in [6.45, 7) is 10.4. The second kappa shape index (κ2) is 8.17. The average molecular weight is 309 g/mol. The molecule has 1 aromatic rings. The number of rotatable bonds is 6. The van der Waals surface area contributed by atoms with Gasteiger partial charge in [0.05, 0.1) is 0 Å². The summed E-state index contributed by atoms with van der Waals surface area (Å²) >= 11 is 5.96. The molecule has 1 aliphatic heterocycles. The van der Waals surface area contributed by atoms with Crippen LogP contribution in [0.1, 0.15) is 39.2 Å².